The largest absolute Gasteiger partial charge is 0.368 e. The third-order valence-electron chi connectivity index (χ3n) is 5.19. The number of nitrogens with zero attached hydrogens (tertiary/aromatic N) is 6. The Balaban J connectivity index is 1.63. The summed E-state index contributed by atoms with van der Waals surface area (Å²) < 4.78 is 3.45. The van der Waals surface area contributed by atoms with Crippen LogP contribution in [0.3, 0.4) is 0 Å². The van der Waals surface area contributed by atoms with Crippen molar-refractivity contribution in [3.63, 3.8) is 0 Å². The second kappa shape index (κ2) is 7.75. The van der Waals surface area contributed by atoms with Gasteiger partial charge in [-0.3, -0.25) is 4.79 Å². The topological polar surface area (TPSA) is 68.8 Å². The van der Waals surface area contributed by atoms with Crippen LogP contribution in [-0.2, 0) is 0 Å². The number of anilines is 1. The van der Waals surface area contributed by atoms with E-state index in [1.54, 1.807) is 12.5 Å². The first kappa shape index (κ1) is 18.7. The molecule has 1 aromatic carbocycles. The van der Waals surface area contributed by atoms with Gasteiger partial charge in [-0.2, -0.15) is 9.78 Å². The van der Waals surface area contributed by atoms with Crippen molar-refractivity contribution >= 4 is 17.3 Å². The van der Waals surface area contributed by atoms with E-state index in [0.29, 0.717) is 17.4 Å². The molecule has 0 radical (unpaired) electrons. The number of benzene rings is 1. The van der Waals surface area contributed by atoms with Gasteiger partial charge >= 0.3 is 0 Å². The lowest BCUT2D eigenvalue weighted by Crippen LogP contribution is -2.37. The molecular formula is C20H23ClN6O. The highest BCUT2D eigenvalue weighted by molar-refractivity contribution is 6.33. The molecule has 0 N–H and O–H groups in total. The van der Waals surface area contributed by atoms with Crippen molar-refractivity contribution in [1.29, 1.82) is 0 Å². The molecule has 1 fully saturated rings. The Morgan fingerprint density at radius 3 is 2.75 bits per heavy atom. The minimum Gasteiger partial charge on any atom is -0.368 e. The summed E-state index contributed by atoms with van der Waals surface area (Å²) in [5.74, 6) is 1.23. The molecule has 1 atom stereocenters. The van der Waals surface area contributed by atoms with Gasteiger partial charge in [0.2, 0.25) is 0 Å². The Morgan fingerprint density at radius 1 is 1.21 bits per heavy atom. The number of para-hydroxylation sites is 1. The molecule has 0 amide bonds. The standard InChI is InChI=1S/C20H23ClN6O/c1-14(2)26-13-22-24-19(26)15-7-6-10-25(12-15)17-11-23-27(20(28)18(17)21)16-8-4-3-5-9-16/h3-5,8-9,11,13-15H,6-7,10,12H2,1-2H3. The molecule has 1 aliphatic heterocycles. The number of halogens is 1. The summed E-state index contributed by atoms with van der Waals surface area (Å²) >= 11 is 6.49. The average Bonchev–Trinajstić information content (AvgIpc) is 3.21. The summed E-state index contributed by atoms with van der Waals surface area (Å²) in [6, 6.07) is 9.60. The number of piperidine rings is 1. The van der Waals surface area contributed by atoms with E-state index in [2.05, 4.69) is 38.6 Å². The quantitative estimate of drug-likeness (QED) is 0.673. The summed E-state index contributed by atoms with van der Waals surface area (Å²) in [5, 5.41) is 13.0. The summed E-state index contributed by atoms with van der Waals surface area (Å²) in [6.07, 6.45) is 5.50. The van der Waals surface area contributed by atoms with E-state index in [1.165, 1.54) is 4.68 Å². The maximum absolute atomic E-state index is 12.8. The summed E-state index contributed by atoms with van der Waals surface area (Å²) in [5.41, 5.74) is 1.07. The highest BCUT2D eigenvalue weighted by Gasteiger charge is 2.28. The summed E-state index contributed by atoms with van der Waals surface area (Å²) in [6.45, 7) is 5.82. The minimum absolute atomic E-state index is 0.199. The normalized spacial score (nSPS) is 17.3. The lowest BCUT2D eigenvalue weighted by molar-refractivity contribution is 0.454. The molecule has 2 aromatic heterocycles. The molecular weight excluding hydrogens is 376 g/mol. The fourth-order valence-electron chi connectivity index (χ4n) is 3.75. The van der Waals surface area contributed by atoms with Crippen molar-refractivity contribution in [3.8, 4) is 5.69 Å². The highest BCUT2D eigenvalue weighted by atomic mass is 35.5. The first-order valence-corrected chi connectivity index (χ1v) is 9.91. The van der Waals surface area contributed by atoms with E-state index < -0.39 is 0 Å². The molecule has 8 heteroatoms. The Bertz CT molecular complexity index is 1010. The van der Waals surface area contributed by atoms with Gasteiger partial charge in [0.1, 0.15) is 17.2 Å². The van der Waals surface area contributed by atoms with Gasteiger partial charge in [-0.1, -0.05) is 29.8 Å². The molecule has 1 saturated heterocycles. The van der Waals surface area contributed by atoms with Crippen molar-refractivity contribution in [3.05, 3.63) is 64.1 Å². The fraction of sp³-hybridized carbons (Fsp3) is 0.400. The molecule has 0 saturated carbocycles. The second-order valence-electron chi connectivity index (χ2n) is 7.37. The predicted octanol–water partition coefficient (Wildman–Crippen LogP) is 3.44. The van der Waals surface area contributed by atoms with Crippen LogP contribution < -0.4 is 10.5 Å². The summed E-state index contributed by atoms with van der Waals surface area (Å²) in [7, 11) is 0. The van der Waals surface area contributed by atoms with Crippen molar-refractivity contribution in [2.45, 2.75) is 38.6 Å². The molecule has 0 spiro atoms. The lowest BCUT2D eigenvalue weighted by atomic mass is 9.96. The van der Waals surface area contributed by atoms with Crippen LogP contribution in [0.5, 0.6) is 0 Å². The Labute approximate surface area is 168 Å². The number of aromatic nitrogens is 5. The Morgan fingerprint density at radius 2 is 2.00 bits per heavy atom. The van der Waals surface area contributed by atoms with Crippen LogP contribution in [0.2, 0.25) is 5.02 Å². The zero-order chi connectivity index (χ0) is 19.7. The zero-order valence-corrected chi connectivity index (χ0v) is 16.8. The van der Waals surface area contributed by atoms with Gasteiger partial charge in [0.25, 0.3) is 5.56 Å². The van der Waals surface area contributed by atoms with Crippen molar-refractivity contribution in [2.75, 3.05) is 18.0 Å². The van der Waals surface area contributed by atoms with Gasteiger partial charge < -0.3 is 9.47 Å². The van der Waals surface area contributed by atoms with Crippen molar-refractivity contribution in [2.24, 2.45) is 0 Å². The minimum atomic E-state index is -0.308. The van der Waals surface area contributed by atoms with Gasteiger partial charge in [0, 0.05) is 25.0 Å². The maximum Gasteiger partial charge on any atom is 0.292 e. The average molecular weight is 399 g/mol. The van der Waals surface area contributed by atoms with Crippen LogP contribution in [0.1, 0.15) is 44.5 Å². The van der Waals surface area contributed by atoms with Gasteiger partial charge in [-0.25, -0.2) is 0 Å². The van der Waals surface area contributed by atoms with Crippen LogP contribution in [0.25, 0.3) is 5.69 Å². The molecule has 0 aliphatic carbocycles. The zero-order valence-electron chi connectivity index (χ0n) is 16.0. The lowest BCUT2D eigenvalue weighted by Gasteiger charge is -2.34. The molecule has 3 aromatic rings. The van der Waals surface area contributed by atoms with E-state index in [-0.39, 0.29) is 16.5 Å². The SMILES string of the molecule is CC(C)n1cnnc1C1CCCN(c2cnn(-c3ccccc3)c(=O)c2Cl)C1. The Hall–Kier alpha value is -2.67. The first-order valence-electron chi connectivity index (χ1n) is 9.54. The second-order valence-corrected chi connectivity index (χ2v) is 7.75. The van der Waals surface area contributed by atoms with Crippen molar-refractivity contribution < 1.29 is 0 Å². The van der Waals surface area contributed by atoms with Crippen LogP contribution >= 0.6 is 11.6 Å². The number of rotatable bonds is 4. The maximum atomic E-state index is 12.8. The highest BCUT2D eigenvalue weighted by Crippen LogP contribution is 2.32. The number of hydrogen-bond acceptors (Lipinski definition) is 5. The van der Waals surface area contributed by atoms with Gasteiger partial charge in [0.15, 0.2) is 0 Å². The molecule has 7 nitrogen and oxygen atoms in total. The van der Waals surface area contributed by atoms with Crippen LogP contribution in [0.4, 0.5) is 5.69 Å². The fourth-order valence-corrected chi connectivity index (χ4v) is 3.99. The predicted molar refractivity (Wildman–Crippen MR) is 109 cm³/mol. The molecule has 0 bridgehead atoms. The number of hydrogen-bond donors (Lipinski definition) is 0. The molecule has 4 rings (SSSR count). The van der Waals surface area contributed by atoms with E-state index >= 15 is 0 Å². The van der Waals surface area contributed by atoms with Crippen LogP contribution in [0.15, 0.2) is 47.7 Å². The monoisotopic (exact) mass is 398 g/mol. The molecule has 1 aliphatic rings. The van der Waals surface area contributed by atoms with Crippen molar-refractivity contribution in [1.82, 2.24) is 24.5 Å². The molecule has 28 heavy (non-hydrogen) atoms. The Kier molecular flexibility index (Phi) is 5.17. The van der Waals surface area contributed by atoms with Crippen LogP contribution in [-0.4, -0.2) is 37.6 Å². The van der Waals surface area contributed by atoms with E-state index in [4.69, 9.17) is 11.6 Å². The van der Waals surface area contributed by atoms with Gasteiger partial charge in [0.05, 0.1) is 17.6 Å². The van der Waals surface area contributed by atoms with E-state index in [0.717, 1.165) is 31.8 Å². The smallest absolute Gasteiger partial charge is 0.292 e. The van der Waals surface area contributed by atoms with Crippen LogP contribution in [0, 0.1) is 0 Å². The molecule has 3 heterocycles. The van der Waals surface area contributed by atoms with Gasteiger partial charge in [-0.05, 0) is 38.8 Å². The van der Waals surface area contributed by atoms with Gasteiger partial charge in [-0.15, -0.1) is 10.2 Å². The first-order chi connectivity index (χ1) is 13.6. The summed E-state index contributed by atoms with van der Waals surface area (Å²) in [4.78, 5) is 14.9. The van der Waals surface area contributed by atoms with E-state index in [9.17, 15) is 4.79 Å². The van der Waals surface area contributed by atoms with E-state index in [1.807, 2.05) is 30.3 Å². The third kappa shape index (κ3) is 3.42. The molecule has 1 unspecified atom stereocenters. The molecule has 146 valence electrons. The third-order valence-corrected chi connectivity index (χ3v) is 5.54.